The Bertz CT molecular complexity index is 1190. The zero-order chi connectivity index (χ0) is 21.9. The molecule has 5 nitrogen and oxygen atoms in total. The minimum Gasteiger partial charge on any atom is -0.339 e. The highest BCUT2D eigenvalue weighted by Crippen LogP contribution is 2.39. The Morgan fingerprint density at radius 1 is 1.06 bits per heavy atom. The van der Waals surface area contributed by atoms with Gasteiger partial charge in [0.05, 0.1) is 5.69 Å². The Morgan fingerprint density at radius 2 is 1.87 bits per heavy atom. The molecule has 3 heterocycles. The fraction of sp³-hybridized carbons (Fsp3) is 0.400. The molecule has 2 aliphatic rings. The van der Waals surface area contributed by atoms with Gasteiger partial charge in [-0.05, 0) is 60.9 Å². The molecular formula is C25H27ClN4O. The second-order valence-corrected chi connectivity index (χ2v) is 10.0. The van der Waals surface area contributed by atoms with E-state index in [4.69, 9.17) is 11.6 Å². The molecule has 0 atom stereocenters. The maximum absolute atomic E-state index is 13.2. The summed E-state index contributed by atoms with van der Waals surface area (Å²) in [6, 6.07) is 10.2. The number of carbonyl (C=O) groups excluding carboxylic acids is 1. The number of hydrogen-bond acceptors (Lipinski definition) is 3. The molecule has 1 amide bonds. The van der Waals surface area contributed by atoms with Crippen LogP contribution in [0.25, 0.3) is 11.3 Å². The van der Waals surface area contributed by atoms with Crippen LogP contribution in [0, 0.1) is 19.3 Å². The van der Waals surface area contributed by atoms with E-state index < -0.39 is 0 Å². The molecule has 5 rings (SSSR count). The average Bonchev–Trinajstić information content (AvgIpc) is 3.17. The molecule has 1 aromatic carbocycles. The van der Waals surface area contributed by atoms with Crippen LogP contribution in [0.2, 0.25) is 5.15 Å². The fourth-order valence-electron chi connectivity index (χ4n) is 5.02. The van der Waals surface area contributed by atoms with Gasteiger partial charge in [-0.2, -0.15) is 0 Å². The van der Waals surface area contributed by atoms with Crippen molar-refractivity contribution < 1.29 is 4.79 Å². The number of carbonyl (C=O) groups is 1. The molecule has 1 aliphatic heterocycles. The van der Waals surface area contributed by atoms with Gasteiger partial charge in [-0.25, -0.2) is 9.97 Å². The standard InChI is InChI=1S/C25H27ClN4O/c1-15-9-17(20-11-23(26)28-16(2)27-20)5-6-18(15)14-29-7-8-30-21(24(29)31)10-19-12-25(3,4)13-22(19)30/h5-6,9-11H,7-8,12-14H2,1-4H3. The fourth-order valence-corrected chi connectivity index (χ4v) is 5.25. The molecule has 160 valence electrons. The lowest BCUT2D eigenvalue weighted by Crippen LogP contribution is -2.40. The summed E-state index contributed by atoms with van der Waals surface area (Å²) in [4.78, 5) is 23.8. The molecule has 0 saturated heterocycles. The van der Waals surface area contributed by atoms with Crippen molar-refractivity contribution in [2.75, 3.05) is 6.54 Å². The number of fused-ring (bicyclic) bond motifs is 3. The average molecular weight is 435 g/mol. The number of aromatic nitrogens is 3. The third kappa shape index (κ3) is 3.65. The lowest BCUT2D eigenvalue weighted by molar-refractivity contribution is 0.0688. The molecule has 2 aromatic heterocycles. The normalized spacial score (nSPS) is 17.1. The SMILES string of the molecule is Cc1nc(Cl)cc(-c2ccc(CN3CCn4c(cc5c4CC(C)(C)C5)C3=O)c(C)c2)n1. The van der Waals surface area contributed by atoms with E-state index in [0.29, 0.717) is 22.9 Å². The van der Waals surface area contributed by atoms with Crippen LogP contribution in [-0.2, 0) is 25.9 Å². The first-order valence-corrected chi connectivity index (χ1v) is 11.2. The summed E-state index contributed by atoms with van der Waals surface area (Å²) in [5.74, 6) is 0.793. The Labute approximate surface area is 188 Å². The van der Waals surface area contributed by atoms with Crippen LogP contribution in [0.3, 0.4) is 0 Å². The molecule has 0 saturated carbocycles. The number of nitrogens with zero attached hydrogens (tertiary/aromatic N) is 4. The van der Waals surface area contributed by atoms with Gasteiger partial charge in [0.2, 0.25) is 0 Å². The zero-order valence-electron chi connectivity index (χ0n) is 18.5. The predicted octanol–water partition coefficient (Wildman–Crippen LogP) is 5.00. The number of amides is 1. The van der Waals surface area contributed by atoms with Gasteiger partial charge >= 0.3 is 0 Å². The van der Waals surface area contributed by atoms with E-state index in [1.54, 1.807) is 6.07 Å². The summed E-state index contributed by atoms with van der Waals surface area (Å²) >= 11 is 6.10. The van der Waals surface area contributed by atoms with Crippen molar-refractivity contribution >= 4 is 17.5 Å². The molecule has 0 fully saturated rings. The van der Waals surface area contributed by atoms with Crippen LogP contribution in [0.15, 0.2) is 30.3 Å². The zero-order valence-corrected chi connectivity index (χ0v) is 19.3. The van der Waals surface area contributed by atoms with E-state index in [2.05, 4.69) is 53.5 Å². The van der Waals surface area contributed by atoms with Crippen LogP contribution in [0.5, 0.6) is 0 Å². The summed E-state index contributed by atoms with van der Waals surface area (Å²) in [5.41, 5.74) is 8.00. The third-order valence-electron chi connectivity index (χ3n) is 6.52. The summed E-state index contributed by atoms with van der Waals surface area (Å²) in [6.45, 7) is 10.8. The first-order valence-electron chi connectivity index (χ1n) is 10.8. The molecule has 0 spiro atoms. The van der Waals surface area contributed by atoms with E-state index in [1.165, 1.54) is 11.3 Å². The molecule has 0 unspecified atom stereocenters. The highest BCUT2D eigenvalue weighted by atomic mass is 35.5. The minimum atomic E-state index is 0.139. The first-order chi connectivity index (χ1) is 14.7. The van der Waals surface area contributed by atoms with Gasteiger partial charge in [0.25, 0.3) is 5.91 Å². The Morgan fingerprint density at radius 3 is 2.61 bits per heavy atom. The summed E-state index contributed by atoms with van der Waals surface area (Å²) in [6.07, 6.45) is 2.12. The maximum atomic E-state index is 13.2. The topological polar surface area (TPSA) is 51.0 Å². The van der Waals surface area contributed by atoms with Crippen LogP contribution < -0.4 is 0 Å². The molecule has 0 bridgehead atoms. The number of rotatable bonds is 3. The van der Waals surface area contributed by atoms with E-state index >= 15 is 0 Å². The Kier molecular flexibility index (Phi) is 4.70. The Hall–Kier alpha value is -2.66. The van der Waals surface area contributed by atoms with Crippen molar-refractivity contribution in [3.8, 4) is 11.3 Å². The van der Waals surface area contributed by atoms with Gasteiger partial charge in [0, 0.05) is 37.0 Å². The molecule has 0 radical (unpaired) electrons. The van der Waals surface area contributed by atoms with Crippen molar-refractivity contribution in [2.45, 2.75) is 53.6 Å². The van der Waals surface area contributed by atoms with E-state index in [-0.39, 0.29) is 5.91 Å². The summed E-state index contributed by atoms with van der Waals surface area (Å²) < 4.78 is 2.26. The molecular weight excluding hydrogens is 408 g/mol. The third-order valence-corrected chi connectivity index (χ3v) is 6.71. The van der Waals surface area contributed by atoms with Crippen molar-refractivity contribution in [1.82, 2.24) is 19.4 Å². The van der Waals surface area contributed by atoms with Crippen LogP contribution in [0.1, 0.15) is 52.5 Å². The van der Waals surface area contributed by atoms with E-state index in [0.717, 1.165) is 54.0 Å². The lowest BCUT2D eigenvalue weighted by Gasteiger charge is -2.30. The van der Waals surface area contributed by atoms with Gasteiger partial charge in [-0.15, -0.1) is 0 Å². The molecule has 0 N–H and O–H groups in total. The first kappa shape index (κ1) is 20.3. The largest absolute Gasteiger partial charge is 0.339 e. The predicted molar refractivity (Wildman–Crippen MR) is 122 cm³/mol. The van der Waals surface area contributed by atoms with Crippen LogP contribution in [0.4, 0.5) is 0 Å². The van der Waals surface area contributed by atoms with Crippen molar-refractivity contribution in [1.29, 1.82) is 0 Å². The lowest BCUT2D eigenvalue weighted by atomic mass is 9.90. The number of aryl methyl sites for hydroxylation is 2. The van der Waals surface area contributed by atoms with Gasteiger partial charge in [-0.3, -0.25) is 4.79 Å². The monoisotopic (exact) mass is 434 g/mol. The van der Waals surface area contributed by atoms with Gasteiger partial charge in [-0.1, -0.05) is 37.6 Å². The summed E-state index contributed by atoms with van der Waals surface area (Å²) in [7, 11) is 0. The molecule has 3 aromatic rings. The molecule has 31 heavy (non-hydrogen) atoms. The van der Waals surface area contributed by atoms with Crippen molar-refractivity contribution in [2.24, 2.45) is 5.41 Å². The number of halogens is 1. The minimum absolute atomic E-state index is 0.139. The highest BCUT2D eigenvalue weighted by Gasteiger charge is 2.36. The summed E-state index contributed by atoms with van der Waals surface area (Å²) in [5, 5.41) is 0.446. The van der Waals surface area contributed by atoms with E-state index in [1.807, 2.05) is 17.9 Å². The van der Waals surface area contributed by atoms with Crippen LogP contribution in [-0.4, -0.2) is 31.9 Å². The van der Waals surface area contributed by atoms with Gasteiger partial charge in [0.15, 0.2) is 0 Å². The number of hydrogen-bond donors (Lipinski definition) is 0. The van der Waals surface area contributed by atoms with Crippen molar-refractivity contribution in [3.63, 3.8) is 0 Å². The smallest absolute Gasteiger partial charge is 0.270 e. The Balaban J connectivity index is 1.37. The van der Waals surface area contributed by atoms with Gasteiger partial charge in [0.1, 0.15) is 16.7 Å². The highest BCUT2D eigenvalue weighted by molar-refractivity contribution is 6.29. The molecule has 6 heteroatoms. The second-order valence-electron chi connectivity index (χ2n) is 9.66. The van der Waals surface area contributed by atoms with E-state index in [9.17, 15) is 4.79 Å². The quantitative estimate of drug-likeness (QED) is 0.545. The maximum Gasteiger partial charge on any atom is 0.270 e. The van der Waals surface area contributed by atoms with Crippen LogP contribution >= 0.6 is 11.6 Å². The van der Waals surface area contributed by atoms with Crippen molar-refractivity contribution in [3.05, 3.63) is 69.4 Å². The second kappa shape index (κ2) is 7.20. The number of benzene rings is 1. The molecule has 1 aliphatic carbocycles. The van der Waals surface area contributed by atoms with Gasteiger partial charge < -0.3 is 9.47 Å².